The van der Waals surface area contributed by atoms with Crippen molar-refractivity contribution >= 4 is 11.0 Å². The van der Waals surface area contributed by atoms with Gasteiger partial charge in [-0.1, -0.05) is 12.1 Å². The summed E-state index contributed by atoms with van der Waals surface area (Å²) in [6, 6.07) is 15.0. The summed E-state index contributed by atoms with van der Waals surface area (Å²) >= 11 is 0. The van der Waals surface area contributed by atoms with Crippen molar-refractivity contribution in [2.75, 3.05) is 7.11 Å². The molecule has 0 bridgehead atoms. The average molecular weight is 322 g/mol. The van der Waals surface area contributed by atoms with Crippen LogP contribution >= 0.6 is 0 Å². The number of para-hydroxylation sites is 2. The van der Waals surface area contributed by atoms with Gasteiger partial charge in [0.1, 0.15) is 12.3 Å². The number of rotatable bonds is 4. The Balaban J connectivity index is 1.74. The minimum absolute atomic E-state index is 0.314. The first kappa shape index (κ1) is 14.3. The molecule has 0 amide bonds. The molecule has 0 unspecified atom stereocenters. The van der Waals surface area contributed by atoms with E-state index >= 15 is 0 Å². The molecule has 7 heteroatoms. The molecule has 0 atom stereocenters. The van der Waals surface area contributed by atoms with E-state index in [-0.39, 0.29) is 0 Å². The highest BCUT2D eigenvalue weighted by atomic mass is 16.6. The minimum Gasteiger partial charge on any atom is -0.539 e. The quantitative estimate of drug-likeness (QED) is 0.531. The molecule has 4 rings (SSSR count). The standard InChI is InChI=1S/C17H14N4O3/c1-23-13-8-6-12(7-9-13)21-16(17(22)24-19-21)10-20-11-18-14-4-2-3-5-15(14)20/h2-9,11H,10H2,1H3. The van der Waals surface area contributed by atoms with Crippen LogP contribution < -0.4 is 14.5 Å². The Kier molecular flexibility index (Phi) is 3.38. The second-order valence-electron chi connectivity index (χ2n) is 5.28. The van der Waals surface area contributed by atoms with E-state index in [0.29, 0.717) is 12.2 Å². The summed E-state index contributed by atoms with van der Waals surface area (Å²) < 4.78 is 13.4. The third-order valence-corrected chi connectivity index (χ3v) is 3.86. The van der Waals surface area contributed by atoms with Crippen molar-refractivity contribution in [2.24, 2.45) is 0 Å². The second kappa shape index (κ2) is 5.69. The number of nitrogens with zero attached hydrogens (tertiary/aromatic N) is 4. The van der Waals surface area contributed by atoms with Gasteiger partial charge in [0, 0.05) is 12.1 Å². The summed E-state index contributed by atoms with van der Waals surface area (Å²) in [5, 5.41) is 15.9. The fraction of sp³-hybridized carbons (Fsp3) is 0.118. The first-order valence-electron chi connectivity index (χ1n) is 7.38. The van der Waals surface area contributed by atoms with E-state index in [1.807, 2.05) is 41.0 Å². The molecule has 24 heavy (non-hydrogen) atoms. The predicted molar refractivity (Wildman–Crippen MR) is 82.9 cm³/mol. The molecule has 2 heterocycles. The van der Waals surface area contributed by atoms with E-state index in [2.05, 4.69) is 10.3 Å². The van der Waals surface area contributed by atoms with E-state index in [4.69, 9.17) is 9.26 Å². The second-order valence-corrected chi connectivity index (χ2v) is 5.28. The molecular weight excluding hydrogens is 308 g/mol. The van der Waals surface area contributed by atoms with Crippen LogP contribution in [0.2, 0.25) is 0 Å². The molecule has 0 fully saturated rings. The van der Waals surface area contributed by atoms with Crippen LogP contribution in [0.5, 0.6) is 11.7 Å². The molecular formula is C17H14N4O3. The highest BCUT2D eigenvalue weighted by molar-refractivity contribution is 5.75. The maximum atomic E-state index is 12.1. The lowest BCUT2D eigenvalue weighted by atomic mass is 10.3. The summed E-state index contributed by atoms with van der Waals surface area (Å²) in [7, 11) is 1.60. The lowest BCUT2D eigenvalue weighted by Gasteiger charge is -2.02. The van der Waals surface area contributed by atoms with Crippen molar-refractivity contribution in [3.05, 3.63) is 60.6 Å². The number of aromatic nitrogens is 4. The van der Waals surface area contributed by atoms with Crippen molar-refractivity contribution in [2.45, 2.75) is 6.54 Å². The van der Waals surface area contributed by atoms with Gasteiger partial charge in [-0.05, 0) is 28.9 Å². The molecule has 7 nitrogen and oxygen atoms in total. The highest BCUT2D eigenvalue weighted by Crippen LogP contribution is 2.18. The molecule has 120 valence electrons. The molecule has 0 saturated heterocycles. The zero-order valence-corrected chi connectivity index (χ0v) is 12.9. The SMILES string of the molecule is COc1ccc(-[n+]2noc([O-])c2Cn2cnc3ccccc32)cc1. The highest BCUT2D eigenvalue weighted by Gasteiger charge is 2.21. The molecule has 4 aromatic rings. The molecule has 2 aromatic carbocycles. The number of fused-ring (bicyclic) bond motifs is 1. The normalized spacial score (nSPS) is 11.0. The Hall–Kier alpha value is -3.35. The van der Waals surface area contributed by atoms with Gasteiger partial charge in [-0.3, -0.25) is 0 Å². The van der Waals surface area contributed by atoms with Crippen molar-refractivity contribution in [1.82, 2.24) is 14.8 Å². The first-order valence-corrected chi connectivity index (χ1v) is 7.38. The number of methoxy groups -OCH3 is 1. The van der Waals surface area contributed by atoms with Gasteiger partial charge in [-0.2, -0.15) is 0 Å². The van der Waals surface area contributed by atoms with Crippen LogP contribution in [0.4, 0.5) is 0 Å². The fourth-order valence-corrected chi connectivity index (χ4v) is 2.62. The minimum atomic E-state index is -0.469. The van der Waals surface area contributed by atoms with Crippen LogP contribution in [-0.4, -0.2) is 21.9 Å². The van der Waals surface area contributed by atoms with Crippen molar-refractivity contribution < 1.29 is 19.0 Å². The molecule has 0 spiro atoms. The largest absolute Gasteiger partial charge is 0.539 e. The average Bonchev–Trinajstić information content (AvgIpc) is 3.20. The summed E-state index contributed by atoms with van der Waals surface area (Å²) in [4.78, 5) is 4.34. The molecule has 0 saturated carbocycles. The van der Waals surface area contributed by atoms with Gasteiger partial charge in [-0.25, -0.2) is 4.98 Å². The fourth-order valence-electron chi connectivity index (χ4n) is 2.62. The third kappa shape index (κ3) is 2.36. The summed E-state index contributed by atoms with van der Waals surface area (Å²) in [5.41, 5.74) is 2.96. The molecule has 0 aliphatic carbocycles. The number of hydrogen-bond acceptors (Lipinski definition) is 5. The molecule has 0 aliphatic rings. The van der Waals surface area contributed by atoms with E-state index < -0.39 is 5.95 Å². The van der Waals surface area contributed by atoms with Gasteiger partial charge in [0.25, 0.3) is 5.69 Å². The topological polar surface area (TPSA) is 80.0 Å². The van der Waals surface area contributed by atoms with E-state index in [1.165, 1.54) is 4.68 Å². The zero-order valence-electron chi connectivity index (χ0n) is 12.9. The van der Waals surface area contributed by atoms with Crippen LogP contribution in [0.15, 0.2) is 59.4 Å². The zero-order chi connectivity index (χ0) is 16.5. The Morgan fingerprint density at radius 3 is 2.75 bits per heavy atom. The van der Waals surface area contributed by atoms with Crippen molar-refractivity contribution in [1.29, 1.82) is 0 Å². The van der Waals surface area contributed by atoms with Gasteiger partial charge in [0.05, 0.1) is 29.7 Å². The lowest BCUT2D eigenvalue weighted by Crippen LogP contribution is -2.37. The smallest absolute Gasteiger partial charge is 0.259 e. The number of imidazole rings is 1. The Bertz CT molecular complexity index is 989. The summed E-state index contributed by atoms with van der Waals surface area (Å²) in [6.07, 6.45) is 1.70. The molecule has 0 aliphatic heterocycles. The maximum Gasteiger partial charge on any atom is 0.259 e. The summed E-state index contributed by atoms with van der Waals surface area (Å²) in [5.74, 6) is 0.260. The van der Waals surface area contributed by atoms with E-state index in [1.54, 1.807) is 25.6 Å². The third-order valence-electron chi connectivity index (χ3n) is 3.86. The van der Waals surface area contributed by atoms with Gasteiger partial charge >= 0.3 is 0 Å². The predicted octanol–water partition coefficient (Wildman–Crippen LogP) is 1.43. The van der Waals surface area contributed by atoms with Crippen LogP contribution in [0.25, 0.3) is 16.7 Å². The number of hydrogen-bond donors (Lipinski definition) is 0. The van der Waals surface area contributed by atoms with Gasteiger partial charge in [0.2, 0.25) is 5.69 Å². The van der Waals surface area contributed by atoms with Crippen LogP contribution in [0.1, 0.15) is 5.69 Å². The Morgan fingerprint density at radius 1 is 1.17 bits per heavy atom. The van der Waals surface area contributed by atoms with Gasteiger partial charge in [-0.15, -0.1) is 0 Å². The monoisotopic (exact) mass is 322 g/mol. The molecule has 0 N–H and O–H groups in total. The van der Waals surface area contributed by atoms with Crippen molar-refractivity contribution in [3.8, 4) is 17.4 Å². The maximum absolute atomic E-state index is 12.1. The van der Waals surface area contributed by atoms with Gasteiger partial charge < -0.3 is 18.9 Å². The van der Waals surface area contributed by atoms with Crippen LogP contribution in [-0.2, 0) is 6.54 Å². The first-order chi connectivity index (χ1) is 11.8. The summed E-state index contributed by atoms with van der Waals surface area (Å²) in [6.45, 7) is 0.314. The van der Waals surface area contributed by atoms with E-state index in [0.717, 1.165) is 22.5 Å². The number of benzene rings is 2. The van der Waals surface area contributed by atoms with Crippen LogP contribution in [0, 0.1) is 0 Å². The van der Waals surface area contributed by atoms with E-state index in [9.17, 15) is 5.11 Å². The Labute approximate surface area is 137 Å². The van der Waals surface area contributed by atoms with Gasteiger partial charge in [0.15, 0.2) is 5.95 Å². The van der Waals surface area contributed by atoms with Crippen LogP contribution in [0.3, 0.4) is 0 Å². The number of ether oxygens (including phenoxy) is 1. The molecule has 0 radical (unpaired) electrons. The lowest BCUT2D eigenvalue weighted by molar-refractivity contribution is -0.677. The van der Waals surface area contributed by atoms with Crippen molar-refractivity contribution in [3.63, 3.8) is 0 Å². The molecule has 2 aromatic heterocycles. The Morgan fingerprint density at radius 2 is 1.96 bits per heavy atom.